The molecule has 1 aliphatic rings. The average Bonchev–Trinajstić information content (AvgIpc) is 3.19. The van der Waals surface area contributed by atoms with Gasteiger partial charge in [-0.25, -0.2) is 9.78 Å². The number of carbonyl (C=O) groups is 1. The van der Waals surface area contributed by atoms with E-state index < -0.39 is 0 Å². The van der Waals surface area contributed by atoms with Gasteiger partial charge in [-0.2, -0.15) is 0 Å². The molecule has 0 saturated carbocycles. The second-order valence-electron chi connectivity index (χ2n) is 7.09. The number of urea groups is 1. The molecule has 2 heterocycles. The number of para-hydroxylation sites is 1. The van der Waals surface area contributed by atoms with Gasteiger partial charge in [0, 0.05) is 31.9 Å². The molecule has 7 heteroatoms. The molecule has 0 bridgehead atoms. The summed E-state index contributed by atoms with van der Waals surface area (Å²) in [5, 5.41) is 4.01. The van der Waals surface area contributed by atoms with Crippen molar-refractivity contribution in [2.45, 2.75) is 19.8 Å². The number of hydrogen-bond acceptors (Lipinski definition) is 5. The van der Waals surface area contributed by atoms with Gasteiger partial charge in [0.2, 0.25) is 0 Å². The molecule has 0 radical (unpaired) electrons. The molecule has 2 aromatic carbocycles. The molecule has 4 rings (SSSR count). The van der Waals surface area contributed by atoms with Gasteiger partial charge in [-0.15, -0.1) is 0 Å². The number of thiazole rings is 1. The SMILES string of the molecule is CCCCOc1ccc(NC(=O)N2CCN(c3nc4ccccc4s3)CC2)cc1. The monoisotopic (exact) mass is 410 g/mol. The van der Waals surface area contributed by atoms with Gasteiger partial charge in [-0.1, -0.05) is 36.8 Å². The Morgan fingerprint density at radius 1 is 1.10 bits per heavy atom. The van der Waals surface area contributed by atoms with Gasteiger partial charge >= 0.3 is 6.03 Å². The second kappa shape index (κ2) is 9.13. The molecule has 1 N–H and O–H groups in total. The smallest absolute Gasteiger partial charge is 0.321 e. The molecule has 2 amide bonds. The Morgan fingerprint density at radius 2 is 1.86 bits per heavy atom. The lowest BCUT2D eigenvalue weighted by molar-refractivity contribution is 0.208. The van der Waals surface area contributed by atoms with E-state index in [1.807, 2.05) is 47.4 Å². The lowest BCUT2D eigenvalue weighted by Crippen LogP contribution is -2.50. The van der Waals surface area contributed by atoms with Crippen LogP contribution in [-0.4, -0.2) is 48.7 Å². The molecule has 1 aliphatic heterocycles. The Kier molecular flexibility index (Phi) is 6.14. The predicted molar refractivity (Wildman–Crippen MR) is 119 cm³/mol. The van der Waals surface area contributed by atoms with E-state index in [0.717, 1.165) is 54.6 Å². The summed E-state index contributed by atoms with van der Waals surface area (Å²) in [6.45, 7) is 5.80. The molecular formula is C22H26N4O2S. The first-order chi connectivity index (χ1) is 14.2. The standard InChI is InChI=1S/C22H26N4O2S/c1-2-3-16-28-18-10-8-17(9-11-18)23-21(27)25-12-14-26(15-13-25)22-24-19-6-4-5-7-20(19)29-22/h4-11H,2-3,12-16H2,1H3,(H,23,27). The molecule has 0 unspecified atom stereocenters. The summed E-state index contributed by atoms with van der Waals surface area (Å²) < 4.78 is 6.86. The predicted octanol–water partition coefficient (Wildman–Crippen LogP) is 4.83. The van der Waals surface area contributed by atoms with Gasteiger partial charge in [0.05, 0.1) is 16.8 Å². The number of piperazine rings is 1. The molecule has 0 aliphatic carbocycles. The van der Waals surface area contributed by atoms with Crippen LogP contribution in [0.1, 0.15) is 19.8 Å². The number of aromatic nitrogens is 1. The van der Waals surface area contributed by atoms with Crippen LogP contribution in [0.2, 0.25) is 0 Å². The van der Waals surface area contributed by atoms with E-state index in [9.17, 15) is 4.79 Å². The van der Waals surface area contributed by atoms with E-state index in [1.165, 1.54) is 4.70 Å². The van der Waals surface area contributed by atoms with Crippen LogP contribution < -0.4 is 15.0 Å². The summed E-state index contributed by atoms with van der Waals surface area (Å²) in [6, 6.07) is 15.7. The van der Waals surface area contributed by atoms with Crippen molar-refractivity contribution in [3.8, 4) is 5.75 Å². The normalized spacial score (nSPS) is 14.2. The number of nitrogens with one attached hydrogen (secondary N) is 1. The Bertz CT molecular complexity index is 916. The largest absolute Gasteiger partial charge is 0.494 e. The molecule has 152 valence electrons. The summed E-state index contributed by atoms with van der Waals surface area (Å²) >= 11 is 1.71. The van der Waals surface area contributed by atoms with Crippen molar-refractivity contribution in [2.24, 2.45) is 0 Å². The van der Waals surface area contributed by atoms with Crippen LogP contribution in [0.4, 0.5) is 15.6 Å². The lowest BCUT2D eigenvalue weighted by atomic mass is 10.3. The minimum absolute atomic E-state index is 0.0615. The third-order valence-corrected chi connectivity index (χ3v) is 6.09. The first-order valence-electron chi connectivity index (χ1n) is 10.1. The number of benzene rings is 2. The number of hydrogen-bond donors (Lipinski definition) is 1. The maximum absolute atomic E-state index is 12.6. The fourth-order valence-electron chi connectivity index (χ4n) is 3.27. The van der Waals surface area contributed by atoms with Crippen LogP contribution in [0.25, 0.3) is 10.2 Å². The van der Waals surface area contributed by atoms with E-state index >= 15 is 0 Å². The number of ether oxygens (including phenoxy) is 1. The fraction of sp³-hybridized carbons (Fsp3) is 0.364. The summed E-state index contributed by atoms with van der Waals surface area (Å²) in [6.07, 6.45) is 2.15. The quantitative estimate of drug-likeness (QED) is 0.592. The zero-order chi connectivity index (χ0) is 20.1. The lowest BCUT2D eigenvalue weighted by Gasteiger charge is -2.34. The molecule has 1 fully saturated rings. The maximum atomic E-state index is 12.6. The highest BCUT2D eigenvalue weighted by atomic mass is 32.1. The Labute approximate surface area is 175 Å². The number of carbonyl (C=O) groups excluding carboxylic acids is 1. The minimum atomic E-state index is -0.0615. The zero-order valence-electron chi connectivity index (χ0n) is 16.6. The summed E-state index contributed by atoms with van der Waals surface area (Å²) in [5.41, 5.74) is 1.82. The molecule has 3 aromatic rings. The number of fused-ring (bicyclic) bond motifs is 1. The number of amides is 2. The van der Waals surface area contributed by atoms with Crippen molar-refractivity contribution in [2.75, 3.05) is 43.0 Å². The summed E-state index contributed by atoms with van der Waals surface area (Å²) in [7, 11) is 0. The summed E-state index contributed by atoms with van der Waals surface area (Å²) in [4.78, 5) is 21.4. The summed E-state index contributed by atoms with van der Waals surface area (Å²) in [5.74, 6) is 0.834. The molecular weight excluding hydrogens is 384 g/mol. The van der Waals surface area contributed by atoms with Crippen molar-refractivity contribution >= 4 is 38.4 Å². The number of unbranched alkanes of at least 4 members (excludes halogenated alkanes) is 1. The number of anilines is 2. The van der Waals surface area contributed by atoms with Gasteiger partial charge in [0.25, 0.3) is 0 Å². The molecule has 1 aromatic heterocycles. The van der Waals surface area contributed by atoms with Crippen LogP contribution in [0.3, 0.4) is 0 Å². The topological polar surface area (TPSA) is 57.7 Å². The molecule has 6 nitrogen and oxygen atoms in total. The first-order valence-corrected chi connectivity index (χ1v) is 10.9. The number of nitrogens with zero attached hydrogens (tertiary/aromatic N) is 3. The number of rotatable bonds is 6. The van der Waals surface area contributed by atoms with Crippen LogP contribution >= 0.6 is 11.3 Å². The van der Waals surface area contributed by atoms with E-state index in [4.69, 9.17) is 9.72 Å². The average molecular weight is 411 g/mol. The maximum Gasteiger partial charge on any atom is 0.321 e. The fourth-order valence-corrected chi connectivity index (χ4v) is 4.28. The van der Waals surface area contributed by atoms with Crippen molar-refractivity contribution in [1.29, 1.82) is 0 Å². The van der Waals surface area contributed by atoms with E-state index in [2.05, 4.69) is 23.2 Å². The van der Waals surface area contributed by atoms with Gasteiger partial charge in [-0.05, 0) is 42.8 Å². The van der Waals surface area contributed by atoms with E-state index in [-0.39, 0.29) is 6.03 Å². The van der Waals surface area contributed by atoms with Gasteiger partial charge in [0.1, 0.15) is 5.75 Å². The third kappa shape index (κ3) is 4.79. The van der Waals surface area contributed by atoms with Crippen LogP contribution in [0.5, 0.6) is 5.75 Å². The molecule has 0 spiro atoms. The molecule has 29 heavy (non-hydrogen) atoms. The van der Waals surface area contributed by atoms with E-state index in [1.54, 1.807) is 11.3 Å². The second-order valence-corrected chi connectivity index (χ2v) is 8.10. The van der Waals surface area contributed by atoms with Crippen molar-refractivity contribution in [3.63, 3.8) is 0 Å². The van der Waals surface area contributed by atoms with Gasteiger partial charge in [-0.3, -0.25) is 0 Å². The van der Waals surface area contributed by atoms with E-state index in [0.29, 0.717) is 13.1 Å². The molecule has 0 atom stereocenters. The Morgan fingerprint density at radius 3 is 2.59 bits per heavy atom. The minimum Gasteiger partial charge on any atom is -0.494 e. The van der Waals surface area contributed by atoms with Crippen LogP contribution in [0.15, 0.2) is 48.5 Å². The zero-order valence-corrected chi connectivity index (χ0v) is 17.5. The van der Waals surface area contributed by atoms with Crippen molar-refractivity contribution in [1.82, 2.24) is 9.88 Å². The first kappa shape index (κ1) is 19.5. The third-order valence-electron chi connectivity index (χ3n) is 4.99. The highest BCUT2D eigenvalue weighted by molar-refractivity contribution is 7.22. The van der Waals surface area contributed by atoms with Gasteiger partial charge < -0.3 is 19.9 Å². The van der Waals surface area contributed by atoms with Crippen molar-refractivity contribution in [3.05, 3.63) is 48.5 Å². The van der Waals surface area contributed by atoms with Gasteiger partial charge in [0.15, 0.2) is 5.13 Å². The Balaban J connectivity index is 1.28. The van der Waals surface area contributed by atoms with Crippen LogP contribution in [0, 0.1) is 0 Å². The van der Waals surface area contributed by atoms with Crippen LogP contribution in [-0.2, 0) is 0 Å². The highest BCUT2D eigenvalue weighted by Crippen LogP contribution is 2.29. The highest BCUT2D eigenvalue weighted by Gasteiger charge is 2.23. The molecule has 1 saturated heterocycles. The Hall–Kier alpha value is -2.80. The van der Waals surface area contributed by atoms with Crippen molar-refractivity contribution < 1.29 is 9.53 Å².